The van der Waals surface area contributed by atoms with Crippen LogP contribution in [0.15, 0.2) is 42.5 Å². The number of para-hydroxylation sites is 1. The summed E-state index contributed by atoms with van der Waals surface area (Å²) in [7, 11) is 0. The summed E-state index contributed by atoms with van der Waals surface area (Å²) in [5, 5.41) is 4.22. The van der Waals surface area contributed by atoms with Crippen molar-refractivity contribution in [3.63, 3.8) is 0 Å². The van der Waals surface area contributed by atoms with Gasteiger partial charge in [0, 0.05) is 29.0 Å². The summed E-state index contributed by atoms with van der Waals surface area (Å²) in [4.78, 5) is 13.0. The molecule has 1 aromatic heterocycles. The number of anilines is 2. The molecule has 3 aromatic rings. The van der Waals surface area contributed by atoms with E-state index in [2.05, 4.69) is 22.9 Å². The molecule has 25 heavy (non-hydrogen) atoms. The normalized spacial score (nSPS) is 13.6. The van der Waals surface area contributed by atoms with Crippen LogP contribution >= 0.6 is 0 Å². The van der Waals surface area contributed by atoms with Crippen LogP contribution in [-0.4, -0.2) is 10.5 Å². The first kappa shape index (κ1) is 15.8. The highest BCUT2D eigenvalue weighted by Gasteiger charge is 2.23. The van der Waals surface area contributed by atoms with Crippen molar-refractivity contribution in [2.45, 2.75) is 39.2 Å². The van der Waals surface area contributed by atoms with Crippen LogP contribution in [0.1, 0.15) is 41.4 Å². The topological polar surface area (TPSA) is 60.0 Å². The Morgan fingerprint density at radius 1 is 1.16 bits per heavy atom. The third-order valence-corrected chi connectivity index (χ3v) is 5.10. The second-order valence-corrected chi connectivity index (χ2v) is 6.66. The first-order valence-electron chi connectivity index (χ1n) is 8.99. The minimum Gasteiger partial charge on any atom is -0.399 e. The Labute approximate surface area is 147 Å². The smallest absolute Gasteiger partial charge is 0.257 e. The lowest BCUT2D eigenvalue weighted by Gasteiger charge is -2.15. The highest BCUT2D eigenvalue weighted by molar-refractivity contribution is 6.13. The summed E-state index contributed by atoms with van der Waals surface area (Å²) >= 11 is 0. The summed E-state index contributed by atoms with van der Waals surface area (Å²) in [6, 6.07) is 13.4. The molecule has 0 spiro atoms. The van der Waals surface area contributed by atoms with Crippen LogP contribution in [0.2, 0.25) is 0 Å². The van der Waals surface area contributed by atoms with Gasteiger partial charge in [-0.3, -0.25) is 4.79 Å². The van der Waals surface area contributed by atoms with E-state index in [0.29, 0.717) is 5.69 Å². The van der Waals surface area contributed by atoms with Gasteiger partial charge in [0.2, 0.25) is 0 Å². The molecule has 4 rings (SSSR count). The van der Waals surface area contributed by atoms with E-state index in [-0.39, 0.29) is 5.91 Å². The maximum Gasteiger partial charge on any atom is 0.257 e. The van der Waals surface area contributed by atoms with Crippen LogP contribution in [0, 0.1) is 0 Å². The molecule has 1 amide bonds. The molecule has 0 saturated heterocycles. The summed E-state index contributed by atoms with van der Waals surface area (Å²) < 4.78 is 2.33. The Balaban J connectivity index is 1.82. The number of benzene rings is 2. The number of fused-ring (bicyclic) bond motifs is 3. The molecule has 1 aliphatic carbocycles. The minimum absolute atomic E-state index is 0.0826. The largest absolute Gasteiger partial charge is 0.399 e. The molecule has 0 atom stereocenters. The van der Waals surface area contributed by atoms with Gasteiger partial charge in [-0.05, 0) is 62.4 Å². The van der Waals surface area contributed by atoms with Gasteiger partial charge in [-0.25, -0.2) is 0 Å². The Kier molecular flexibility index (Phi) is 3.96. The van der Waals surface area contributed by atoms with E-state index in [1.54, 1.807) is 6.07 Å². The van der Waals surface area contributed by atoms with Crippen LogP contribution < -0.4 is 11.1 Å². The molecule has 128 valence electrons. The summed E-state index contributed by atoms with van der Waals surface area (Å²) in [6.45, 7) is 3.04. The molecule has 0 radical (unpaired) electrons. The number of nitrogens with two attached hydrogens (primary N) is 1. The fraction of sp³-hybridized carbons (Fsp3) is 0.286. The van der Waals surface area contributed by atoms with E-state index in [0.717, 1.165) is 36.2 Å². The lowest BCUT2D eigenvalue weighted by atomic mass is 9.95. The van der Waals surface area contributed by atoms with E-state index in [1.165, 1.54) is 29.5 Å². The van der Waals surface area contributed by atoms with Gasteiger partial charge in [0.25, 0.3) is 5.91 Å². The molecular weight excluding hydrogens is 310 g/mol. The number of carbonyl (C=O) groups excluding carboxylic acids is 1. The molecule has 0 bridgehead atoms. The van der Waals surface area contributed by atoms with E-state index < -0.39 is 0 Å². The maximum absolute atomic E-state index is 13.0. The van der Waals surface area contributed by atoms with Crippen molar-refractivity contribution in [3.05, 3.63) is 59.3 Å². The lowest BCUT2D eigenvalue weighted by Crippen LogP contribution is -2.14. The second kappa shape index (κ2) is 6.28. The molecule has 2 aromatic carbocycles. The number of aromatic nitrogens is 1. The number of rotatable bonds is 3. The van der Waals surface area contributed by atoms with Crippen molar-refractivity contribution in [2.75, 3.05) is 11.1 Å². The van der Waals surface area contributed by atoms with Gasteiger partial charge in [0.05, 0.1) is 11.1 Å². The lowest BCUT2D eigenvalue weighted by molar-refractivity contribution is 0.102. The van der Waals surface area contributed by atoms with E-state index in [9.17, 15) is 4.79 Å². The van der Waals surface area contributed by atoms with Crippen LogP contribution in [0.4, 0.5) is 11.4 Å². The molecule has 0 fully saturated rings. The zero-order valence-corrected chi connectivity index (χ0v) is 14.5. The van der Waals surface area contributed by atoms with Crippen molar-refractivity contribution in [3.8, 4) is 0 Å². The number of nitrogens with zero attached hydrogens (tertiary/aromatic N) is 1. The van der Waals surface area contributed by atoms with Crippen molar-refractivity contribution in [2.24, 2.45) is 0 Å². The monoisotopic (exact) mass is 333 g/mol. The average molecular weight is 333 g/mol. The SMILES string of the molecule is CCn1c2c(c3cccc(C(=O)Nc4cccc(N)c4)c31)CCCC2. The zero-order chi connectivity index (χ0) is 17.4. The number of aryl methyl sites for hydroxylation is 2. The minimum atomic E-state index is -0.0826. The van der Waals surface area contributed by atoms with Crippen molar-refractivity contribution in [1.82, 2.24) is 4.57 Å². The average Bonchev–Trinajstić information content (AvgIpc) is 2.95. The van der Waals surface area contributed by atoms with Gasteiger partial charge >= 0.3 is 0 Å². The van der Waals surface area contributed by atoms with Gasteiger partial charge in [-0.2, -0.15) is 0 Å². The highest BCUT2D eigenvalue weighted by Crippen LogP contribution is 2.34. The standard InChI is InChI=1S/C21H23N3O/c1-2-24-19-12-4-3-9-16(19)17-10-6-11-18(20(17)24)21(25)23-15-8-5-7-14(22)13-15/h5-8,10-11,13H,2-4,9,12,22H2,1H3,(H,23,25). The number of carbonyl (C=O) groups is 1. The summed E-state index contributed by atoms with van der Waals surface area (Å²) in [5.41, 5.74) is 11.8. The molecule has 0 aliphatic heterocycles. The molecular formula is C21H23N3O. The van der Waals surface area contributed by atoms with Gasteiger partial charge in [-0.15, -0.1) is 0 Å². The fourth-order valence-electron chi connectivity index (χ4n) is 4.04. The predicted molar refractivity (Wildman–Crippen MR) is 103 cm³/mol. The third kappa shape index (κ3) is 2.68. The van der Waals surface area contributed by atoms with Gasteiger partial charge in [0.1, 0.15) is 0 Å². The Morgan fingerprint density at radius 3 is 2.76 bits per heavy atom. The van der Waals surface area contributed by atoms with Crippen LogP contribution in [-0.2, 0) is 19.4 Å². The number of nitrogens with one attached hydrogen (secondary N) is 1. The fourth-order valence-corrected chi connectivity index (χ4v) is 4.04. The number of amides is 1. The Hall–Kier alpha value is -2.75. The molecule has 3 N–H and O–H groups in total. The molecule has 0 unspecified atom stereocenters. The Morgan fingerprint density at radius 2 is 1.96 bits per heavy atom. The van der Waals surface area contributed by atoms with E-state index in [4.69, 9.17) is 5.73 Å². The van der Waals surface area contributed by atoms with Gasteiger partial charge in [0.15, 0.2) is 0 Å². The first-order chi connectivity index (χ1) is 12.2. The van der Waals surface area contributed by atoms with Gasteiger partial charge in [-0.1, -0.05) is 18.2 Å². The molecule has 4 nitrogen and oxygen atoms in total. The first-order valence-corrected chi connectivity index (χ1v) is 8.99. The molecule has 1 heterocycles. The van der Waals surface area contributed by atoms with E-state index in [1.807, 2.05) is 30.3 Å². The number of hydrogen-bond acceptors (Lipinski definition) is 2. The third-order valence-electron chi connectivity index (χ3n) is 5.10. The molecule has 1 aliphatic rings. The molecule has 0 saturated carbocycles. The number of hydrogen-bond donors (Lipinski definition) is 2. The summed E-state index contributed by atoms with van der Waals surface area (Å²) in [6.07, 6.45) is 4.68. The van der Waals surface area contributed by atoms with Crippen molar-refractivity contribution in [1.29, 1.82) is 0 Å². The Bertz CT molecular complexity index is 955. The van der Waals surface area contributed by atoms with Crippen LogP contribution in [0.5, 0.6) is 0 Å². The molecule has 4 heteroatoms. The second-order valence-electron chi connectivity index (χ2n) is 6.66. The van der Waals surface area contributed by atoms with Crippen molar-refractivity contribution >= 4 is 28.2 Å². The van der Waals surface area contributed by atoms with Crippen LogP contribution in [0.25, 0.3) is 10.9 Å². The quantitative estimate of drug-likeness (QED) is 0.699. The van der Waals surface area contributed by atoms with Gasteiger partial charge < -0.3 is 15.6 Å². The van der Waals surface area contributed by atoms with Crippen molar-refractivity contribution < 1.29 is 4.79 Å². The summed E-state index contributed by atoms with van der Waals surface area (Å²) in [5.74, 6) is -0.0826. The number of nitrogen functional groups attached to an aromatic ring is 1. The van der Waals surface area contributed by atoms with E-state index >= 15 is 0 Å². The zero-order valence-electron chi connectivity index (χ0n) is 14.5. The highest BCUT2D eigenvalue weighted by atomic mass is 16.1. The van der Waals surface area contributed by atoms with Crippen LogP contribution in [0.3, 0.4) is 0 Å². The predicted octanol–water partition coefficient (Wildman–Crippen LogP) is 4.37. The maximum atomic E-state index is 13.0.